The molecule has 0 saturated heterocycles. The van der Waals surface area contributed by atoms with Gasteiger partial charge in [-0.1, -0.05) is 96.8 Å². The number of hydrogen-bond donors (Lipinski definition) is 1. The fourth-order valence-corrected chi connectivity index (χ4v) is 7.54. The molecule has 1 aliphatic carbocycles. The van der Waals surface area contributed by atoms with E-state index in [1.165, 1.54) is 23.1 Å². The number of amides is 2. The Bertz CT molecular complexity index is 1860. The number of halogens is 3. The van der Waals surface area contributed by atoms with Gasteiger partial charge >= 0.3 is 6.18 Å². The number of rotatable bonds is 12. The number of alkyl halides is 3. The van der Waals surface area contributed by atoms with Crippen molar-refractivity contribution in [3.63, 3.8) is 0 Å². The van der Waals surface area contributed by atoms with Crippen LogP contribution in [0.4, 0.5) is 18.9 Å². The Hall–Kier alpha value is -4.64. The van der Waals surface area contributed by atoms with E-state index in [0.29, 0.717) is 9.87 Å². The second-order valence-corrected chi connectivity index (χ2v) is 14.4. The summed E-state index contributed by atoms with van der Waals surface area (Å²) in [5.74, 6) is -1.11. The van der Waals surface area contributed by atoms with E-state index in [1.54, 1.807) is 19.1 Å². The van der Waals surface area contributed by atoms with Gasteiger partial charge < -0.3 is 10.2 Å². The number of nitrogens with one attached hydrogen (secondary N) is 1. The first-order chi connectivity index (χ1) is 23.3. The summed E-state index contributed by atoms with van der Waals surface area (Å²) in [7, 11) is -4.55. The summed E-state index contributed by atoms with van der Waals surface area (Å²) in [6, 6.07) is 25.3. The standard InChI is InChI=1S/C38H40F3N3O4S/c1-27-18-20-34(21-19-27)49(47,48)44(33-17-9-14-31(24-33)38(39,40)41)26-36(45)43(25-30-13-8-10-28(2)22-30)35(23-29-11-4-3-5-12-29)37(46)42-32-15-6-7-16-32/h3-5,8-14,17-22,24,32,35H,6-7,15-16,23,25-26H2,1-2H3,(H,42,46)/t35-/m1/s1. The molecule has 1 N–H and O–H groups in total. The minimum Gasteiger partial charge on any atom is -0.352 e. The summed E-state index contributed by atoms with van der Waals surface area (Å²) in [6.07, 6.45) is -1.03. The minimum atomic E-state index is -4.75. The molecule has 4 aromatic carbocycles. The van der Waals surface area contributed by atoms with Crippen LogP contribution in [0.25, 0.3) is 0 Å². The number of benzene rings is 4. The average Bonchev–Trinajstić information content (AvgIpc) is 3.58. The second kappa shape index (κ2) is 15.3. The molecule has 11 heteroatoms. The van der Waals surface area contributed by atoms with Crippen molar-refractivity contribution in [2.45, 2.75) is 75.7 Å². The molecule has 5 rings (SSSR count). The Morgan fingerprint density at radius 2 is 1.47 bits per heavy atom. The first kappa shape index (κ1) is 35.7. The van der Waals surface area contributed by atoms with Crippen molar-refractivity contribution in [2.24, 2.45) is 0 Å². The van der Waals surface area contributed by atoms with Crippen LogP contribution in [0.5, 0.6) is 0 Å². The molecule has 4 aromatic rings. The normalized spacial score (nSPS) is 14.3. The topological polar surface area (TPSA) is 86.8 Å². The lowest BCUT2D eigenvalue weighted by Gasteiger charge is -2.34. The quantitative estimate of drug-likeness (QED) is 0.170. The number of sulfonamides is 1. The fraction of sp³-hybridized carbons (Fsp3) is 0.316. The van der Waals surface area contributed by atoms with Crippen LogP contribution < -0.4 is 9.62 Å². The lowest BCUT2D eigenvalue weighted by molar-refractivity contribution is -0.140. The SMILES string of the molecule is Cc1ccc(S(=O)(=O)N(CC(=O)N(Cc2cccc(C)c2)[C@H](Cc2ccccc2)C(=O)NC2CCCC2)c2cccc(C(F)(F)F)c2)cc1. The molecule has 1 aliphatic rings. The van der Waals surface area contributed by atoms with Crippen molar-refractivity contribution in [1.29, 1.82) is 0 Å². The van der Waals surface area contributed by atoms with E-state index in [4.69, 9.17) is 0 Å². The first-order valence-electron chi connectivity index (χ1n) is 16.3. The summed E-state index contributed by atoms with van der Waals surface area (Å²) in [5, 5.41) is 3.11. The van der Waals surface area contributed by atoms with Crippen LogP contribution in [0.15, 0.2) is 108 Å². The highest BCUT2D eigenvalue weighted by Crippen LogP contribution is 2.33. The maximum atomic E-state index is 14.6. The molecule has 0 unspecified atom stereocenters. The van der Waals surface area contributed by atoms with E-state index in [2.05, 4.69) is 5.32 Å². The highest BCUT2D eigenvalue weighted by molar-refractivity contribution is 7.92. The minimum absolute atomic E-state index is 0.0306. The molecule has 49 heavy (non-hydrogen) atoms. The van der Waals surface area contributed by atoms with Gasteiger partial charge in [0.05, 0.1) is 16.1 Å². The van der Waals surface area contributed by atoms with E-state index in [-0.39, 0.29) is 35.5 Å². The van der Waals surface area contributed by atoms with E-state index < -0.39 is 40.3 Å². The van der Waals surface area contributed by atoms with Gasteiger partial charge in [0.15, 0.2) is 0 Å². The van der Waals surface area contributed by atoms with Gasteiger partial charge in [-0.05, 0) is 68.1 Å². The third-order valence-electron chi connectivity index (χ3n) is 8.76. The second-order valence-electron chi connectivity index (χ2n) is 12.6. The highest BCUT2D eigenvalue weighted by Gasteiger charge is 2.37. The largest absolute Gasteiger partial charge is 0.416 e. The highest BCUT2D eigenvalue weighted by atomic mass is 32.2. The maximum absolute atomic E-state index is 14.6. The van der Waals surface area contributed by atoms with Gasteiger partial charge in [-0.25, -0.2) is 8.42 Å². The lowest BCUT2D eigenvalue weighted by atomic mass is 10.0. The summed E-state index contributed by atoms with van der Waals surface area (Å²) in [5.41, 5.74) is 1.82. The van der Waals surface area contributed by atoms with Crippen LogP contribution in [-0.2, 0) is 38.8 Å². The summed E-state index contributed by atoms with van der Waals surface area (Å²) >= 11 is 0. The summed E-state index contributed by atoms with van der Waals surface area (Å²) in [4.78, 5) is 29.9. The van der Waals surface area contributed by atoms with Crippen LogP contribution in [0.3, 0.4) is 0 Å². The van der Waals surface area contributed by atoms with Crippen molar-refractivity contribution < 1.29 is 31.2 Å². The Balaban J connectivity index is 1.60. The van der Waals surface area contributed by atoms with Crippen molar-refractivity contribution in [3.8, 4) is 0 Å². The van der Waals surface area contributed by atoms with Crippen LogP contribution in [0, 0.1) is 13.8 Å². The number of carbonyl (C=O) groups excluding carboxylic acids is 2. The van der Waals surface area contributed by atoms with Crippen molar-refractivity contribution >= 4 is 27.5 Å². The zero-order valence-corrected chi connectivity index (χ0v) is 28.3. The summed E-state index contributed by atoms with van der Waals surface area (Å²) < 4.78 is 70.6. The predicted octanol–water partition coefficient (Wildman–Crippen LogP) is 7.22. The zero-order valence-electron chi connectivity index (χ0n) is 27.5. The molecule has 0 spiro atoms. The smallest absolute Gasteiger partial charge is 0.352 e. The van der Waals surface area contributed by atoms with Crippen molar-refractivity contribution in [1.82, 2.24) is 10.2 Å². The van der Waals surface area contributed by atoms with Gasteiger partial charge in [0.2, 0.25) is 11.8 Å². The van der Waals surface area contributed by atoms with Gasteiger partial charge in [0, 0.05) is 19.0 Å². The number of carbonyl (C=O) groups is 2. The fourth-order valence-electron chi connectivity index (χ4n) is 6.13. The Kier molecular flexibility index (Phi) is 11.1. The molecule has 7 nitrogen and oxygen atoms in total. The Morgan fingerprint density at radius 3 is 2.12 bits per heavy atom. The molecule has 0 bridgehead atoms. The average molecular weight is 692 g/mol. The molecular formula is C38H40F3N3O4S. The molecule has 1 fully saturated rings. The molecule has 1 atom stereocenters. The van der Waals surface area contributed by atoms with Gasteiger partial charge in [-0.3, -0.25) is 13.9 Å². The third kappa shape index (κ3) is 9.08. The van der Waals surface area contributed by atoms with Gasteiger partial charge in [-0.15, -0.1) is 0 Å². The van der Waals surface area contributed by atoms with Crippen molar-refractivity contribution in [2.75, 3.05) is 10.8 Å². The van der Waals surface area contributed by atoms with Crippen LogP contribution in [0.1, 0.15) is 53.5 Å². The molecular weight excluding hydrogens is 651 g/mol. The number of aryl methyl sites for hydroxylation is 2. The van der Waals surface area contributed by atoms with E-state index >= 15 is 0 Å². The monoisotopic (exact) mass is 691 g/mol. The third-order valence-corrected chi connectivity index (χ3v) is 10.5. The molecule has 258 valence electrons. The zero-order chi connectivity index (χ0) is 35.2. The molecule has 0 radical (unpaired) electrons. The van der Waals surface area contributed by atoms with Crippen LogP contribution >= 0.6 is 0 Å². The Morgan fingerprint density at radius 1 is 0.816 bits per heavy atom. The molecule has 0 aliphatic heterocycles. The Labute approximate surface area is 285 Å². The molecule has 2 amide bonds. The molecule has 1 saturated carbocycles. The van der Waals surface area contributed by atoms with Gasteiger partial charge in [0.25, 0.3) is 10.0 Å². The lowest BCUT2D eigenvalue weighted by Crippen LogP contribution is -2.54. The maximum Gasteiger partial charge on any atom is 0.416 e. The number of hydrogen-bond acceptors (Lipinski definition) is 4. The number of nitrogens with zero attached hydrogens (tertiary/aromatic N) is 2. The first-order valence-corrected chi connectivity index (χ1v) is 17.7. The number of anilines is 1. The van der Waals surface area contributed by atoms with Gasteiger partial charge in [-0.2, -0.15) is 13.2 Å². The van der Waals surface area contributed by atoms with Gasteiger partial charge in [0.1, 0.15) is 12.6 Å². The van der Waals surface area contributed by atoms with Crippen LogP contribution in [0.2, 0.25) is 0 Å². The predicted molar refractivity (Wildman–Crippen MR) is 183 cm³/mol. The van der Waals surface area contributed by atoms with E-state index in [9.17, 15) is 31.2 Å². The summed E-state index contributed by atoms with van der Waals surface area (Å²) in [6.45, 7) is 2.80. The molecule has 0 heterocycles. The van der Waals surface area contributed by atoms with Crippen molar-refractivity contribution in [3.05, 3.63) is 131 Å². The van der Waals surface area contributed by atoms with E-state index in [0.717, 1.165) is 60.6 Å². The van der Waals surface area contributed by atoms with Crippen LogP contribution in [-0.4, -0.2) is 43.8 Å². The molecule has 0 aromatic heterocycles. The van der Waals surface area contributed by atoms with E-state index in [1.807, 2.05) is 61.5 Å².